The summed E-state index contributed by atoms with van der Waals surface area (Å²) in [6.45, 7) is 1.91. The summed E-state index contributed by atoms with van der Waals surface area (Å²) < 4.78 is 0. The summed E-state index contributed by atoms with van der Waals surface area (Å²) >= 11 is 4.53. The Morgan fingerprint density at radius 2 is 1.97 bits per heavy atom. The average Bonchev–Trinajstić information content (AvgIpc) is 2.74. The second-order valence-electron chi connectivity index (χ2n) is 8.54. The number of amides is 1. The Balaban J connectivity index is 1.55. The van der Waals surface area contributed by atoms with Crippen molar-refractivity contribution in [1.29, 1.82) is 0 Å². The molecular formula is C21H33BN2O4S. The quantitative estimate of drug-likeness (QED) is 0.355. The molecule has 1 saturated carbocycles. The van der Waals surface area contributed by atoms with Crippen LogP contribution < -0.4 is 5.73 Å². The molecule has 1 amide bonds. The minimum atomic E-state index is -1.47. The van der Waals surface area contributed by atoms with Gasteiger partial charge >= 0.3 is 7.12 Å². The SMILES string of the molecule is NCc1cccc(C2CCN(C(=O)C(S)CC3C(O)CCCC3B(O)O)CC2)c1. The predicted molar refractivity (Wildman–Crippen MR) is 118 cm³/mol. The molecule has 5 N–H and O–H groups in total. The third-order valence-corrected chi connectivity index (χ3v) is 7.14. The van der Waals surface area contributed by atoms with E-state index in [1.165, 1.54) is 5.56 Å². The Bertz CT molecular complexity index is 684. The molecule has 160 valence electrons. The zero-order valence-corrected chi connectivity index (χ0v) is 17.8. The number of hydrogen-bond acceptors (Lipinski definition) is 6. The van der Waals surface area contributed by atoms with Crippen LogP contribution in [0.25, 0.3) is 0 Å². The lowest BCUT2D eigenvalue weighted by atomic mass is 9.58. The van der Waals surface area contributed by atoms with Gasteiger partial charge in [0, 0.05) is 19.6 Å². The number of carbonyl (C=O) groups is 1. The molecule has 1 aromatic rings. The van der Waals surface area contributed by atoms with Gasteiger partial charge in [-0.2, -0.15) is 12.6 Å². The van der Waals surface area contributed by atoms with Gasteiger partial charge in [0.05, 0.1) is 11.4 Å². The number of rotatable bonds is 6. The van der Waals surface area contributed by atoms with Crippen LogP contribution in [-0.2, 0) is 11.3 Å². The van der Waals surface area contributed by atoms with Crippen LogP contribution >= 0.6 is 12.6 Å². The summed E-state index contributed by atoms with van der Waals surface area (Å²) in [6, 6.07) is 8.37. The summed E-state index contributed by atoms with van der Waals surface area (Å²) in [5.74, 6) is -0.307. The maximum absolute atomic E-state index is 12.9. The lowest BCUT2D eigenvalue weighted by Gasteiger charge is -2.38. The van der Waals surface area contributed by atoms with E-state index >= 15 is 0 Å². The highest BCUT2D eigenvalue weighted by Crippen LogP contribution is 2.40. The molecule has 1 aromatic carbocycles. The number of thiol groups is 1. The van der Waals surface area contributed by atoms with Crippen molar-refractivity contribution in [2.45, 2.75) is 68.2 Å². The van der Waals surface area contributed by atoms with E-state index in [4.69, 9.17) is 5.73 Å². The van der Waals surface area contributed by atoms with Gasteiger partial charge < -0.3 is 25.8 Å². The zero-order valence-electron chi connectivity index (χ0n) is 16.9. The lowest BCUT2D eigenvalue weighted by molar-refractivity contribution is -0.132. The Morgan fingerprint density at radius 3 is 2.62 bits per heavy atom. The minimum absolute atomic E-state index is 0.0218. The van der Waals surface area contributed by atoms with Crippen molar-refractivity contribution in [1.82, 2.24) is 4.90 Å². The fourth-order valence-corrected chi connectivity index (χ4v) is 5.36. The molecule has 0 radical (unpaired) electrons. The molecule has 2 fully saturated rings. The third-order valence-electron chi connectivity index (χ3n) is 6.71. The van der Waals surface area contributed by atoms with Crippen LogP contribution in [0.1, 0.15) is 55.6 Å². The molecule has 1 saturated heterocycles. The summed E-state index contributed by atoms with van der Waals surface area (Å²) in [5.41, 5.74) is 8.16. The second-order valence-corrected chi connectivity index (χ2v) is 9.16. The highest BCUT2D eigenvalue weighted by atomic mass is 32.1. The molecule has 29 heavy (non-hydrogen) atoms. The van der Waals surface area contributed by atoms with Gasteiger partial charge in [0.2, 0.25) is 5.91 Å². The summed E-state index contributed by atoms with van der Waals surface area (Å²) in [6.07, 6.45) is 3.62. The highest BCUT2D eigenvalue weighted by Gasteiger charge is 2.41. The van der Waals surface area contributed by atoms with E-state index in [1.54, 1.807) is 0 Å². The number of likely N-dealkylation sites (tertiary alicyclic amines) is 1. The summed E-state index contributed by atoms with van der Waals surface area (Å²) in [5, 5.41) is 29.1. The molecule has 4 atom stereocenters. The van der Waals surface area contributed by atoms with Crippen molar-refractivity contribution in [3.63, 3.8) is 0 Å². The molecule has 8 heteroatoms. The molecule has 4 unspecified atom stereocenters. The first-order chi connectivity index (χ1) is 13.9. The molecule has 3 rings (SSSR count). The van der Waals surface area contributed by atoms with E-state index in [0.717, 1.165) is 24.8 Å². The van der Waals surface area contributed by atoms with Crippen LogP contribution in [0.5, 0.6) is 0 Å². The highest BCUT2D eigenvalue weighted by molar-refractivity contribution is 7.81. The van der Waals surface area contributed by atoms with Crippen LogP contribution in [0.3, 0.4) is 0 Å². The summed E-state index contributed by atoms with van der Waals surface area (Å²) in [7, 11) is -1.47. The first-order valence-corrected chi connectivity index (χ1v) is 11.2. The van der Waals surface area contributed by atoms with Gasteiger partial charge in [0.1, 0.15) is 0 Å². The first-order valence-electron chi connectivity index (χ1n) is 10.7. The monoisotopic (exact) mass is 420 g/mol. The van der Waals surface area contributed by atoms with Gasteiger partial charge in [-0.1, -0.05) is 37.1 Å². The lowest BCUT2D eigenvalue weighted by Crippen LogP contribution is -2.45. The molecule has 1 heterocycles. The van der Waals surface area contributed by atoms with Gasteiger partial charge in [-0.25, -0.2) is 0 Å². The number of aliphatic hydroxyl groups excluding tert-OH is 1. The number of aliphatic hydroxyl groups is 1. The molecule has 0 bridgehead atoms. The van der Waals surface area contributed by atoms with Gasteiger partial charge in [-0.15, -0.1) is 0 Å². The van der Waals surface area contributed by atoms with Gasteiger partial charge in [-0.05, 0) is 54.5 Å². The van der Waals surface area contributed by atoms with Crippen LogP contribution in [0.4, 0.5) is 0 Å². The number of nitrogens with two attached hydrogens (primary N) is 1. The Labute approximate surface area is 179 Å². The van der Waals surface area contributed by atoms with Crippen LogP contribution in [0.2, 0.25) is 5.82 Å². The van der Waals surface area contributed by atoms with Crippen molar-refractivity contribution in [2.24, 2.45) is 11.7 Å². The number of carbonyl (C=O) groups excluding carboxylic acids is 1. The van der Waals surface area contributed by atoms with Crippen LogP contribution in [0, 0.1) is 5.92 Å². The van der Waals surface area contributed by atoms with Gasteiger partial charge in [0.15, 0.2) is 0 Å². The van der Waals surface area contributed by atoms with E-state index < -0.39 is 24.3 Å². The fourth-order valence-electron chi connectivity index (χ4n) is 4.95. The normalized spacial score (nSPS) is 26.9. The smallest absolute Gasteiger partial charge is 0.427 e. The van der Waals surface area contributed by atoms with E-state index in [2.05, 4.69) is 24.8 Å². The maximum atomic E-state index is 12.9. The van der Waals surface area contributed by atoms with E-state index in [9.17, 15) is 19.9 Å². The predicted octanol–water partition coefficient (Wildman–Crippen LogP) is 1.54. The van der Waals surface area contributed by atoms with Crippen molar-refractivity contribution in [3.8, 4) is 0 Å². The number of benzene rings is 1. The molecule has 0 spiro atoms. The van der Waals surface area contributed by atoms with Crippen molar-refractivity contribution in [2.75, 3.05) is 13.1 Å². The Kier molecular flexibility index (Phi) is 8.04. The molecule has 6 nitrogen and oxygen atoms in total. The number of piperidine rings is 1. The first kappa shape index (κ1) is 22.6. The summed E-state index contributed by atoms with van der Waals surface area (Å²) in [4.78, 5) is 14.8. The molecular weight excluding hydrogens is 387 g/mol. The average molecular weight is 420 g/mol. The standard InChI is InChI=1S/C21H33BN2O4S/c23-13-14-3-1-4-16(11-14)15-7-9-24(10-8-15)21(26)20(29)12-17-18(22(27)28)5-2-6-19(17)25/h1,3-4,11,15,17-20,25,27-29H,2,5-10,12-13,23H2. The fraction of sp³-hybridized carbons (Fsp3) is 0.667. The molecule has 0 aromatic heterocycles. The van der Waals surface area contributed by atoms with E-state index in [-0.39, 0.29) is 11.8 Å². The van der Waals surface area contributed by atoms with Gasteiger partial charge in [-0.3, -0.25) is 4.79 Å². The topological polar surface area (TPSA) is 107 Å². The zero-order chi connectivity index (χ0) is 21.0. The molecule has 1 aliphatic carbocycles. The largest absolute Gasteiger partial charge is 0.455 e. The number of nitrogens with zero attached hydrogens (tertiary/aromatic N) is 1. The Morgan fingerprint density at radius 1 is 1.24 bits per heavy atom. The maximum Gasteiger partial charge on any atom is 0.455 e. The van der Waals surface area contributed by atoms with Crippen LogP contribution in [-0.4, -0.2) is 57.5 Å². The van der Waals surface area contributed by atoms with Crippen LogP contribution in [0.15, 0.2) is 24.3 Å². The minimum Gasteiger partial charge on any atom is -0.427 e. The van der Waals surface area contributed by atoms with Crippen molar-refractivity contribution in [3.05, 3.63) is 35.4 Å². The molecule has 1 aliphatic heterocycles. The van der Waals surface area contributed by atoms with Crippen molar-refractivity contribution >= 4 is 25.7 Å². The second kappa shape index (κ2) is 10.3. The van der Waals surface area contributed by atoms with E-state index in [1.807, 2.05) is 17.0 Å². The van der Waals surface area contributed by atoms with Crippen molar-refractivity contribution < 1.29 is 19.9 Å². The van der Waals surface area contributed by atoms with Gasteiger partial charge in [0.25, 0.3) is 0 Å². The molecule has 2 aliphatic rings. The Hall–Kier alpha value is -1.06. The van der Waals surface area contributed by atoms with E-state index in [0.29, 0.717) is 44.8 Å². The number of hydrogen-bond donors (Lipinski definition) is 5. The third kappa shape index (κ3) is 5.55.